The van der Waals surface area contributed by atoms with Gasteiger partial charge in [0.1, 0.15) is 0 Å². The van der Waals surface area contributed by atoms with E-state index >= 15 is 0 Å². The normalized spacial score (nSPS) is 11.2. The van der Waals surface area contributed by atoms with Crippen molar-refractivity contribution in [3.8, 4) is 0 Å². The van der Waals surface area contributed by atoms with Crippen molar-refractivity contribution in [3.05, 3.63) is 29.8 Å². The average molecular weight is 276 g/mol. The first kappa shape index (κ1) is 16.5. The molecule has 1 amide bonds. The number of nitrogens with zero attached hydrogens (tertiary/aromatic N) is 1. The van der Waals surface area contributed by atoms with E-state index in [0.717, 1.165) is 25.1 Å². The number of para-hydroxylation sites is 1. The first-order valence-electron chi connectivity index (χ1n) is 7.43. The number of anilines is 1. The molecule has 0 spiro atoms. The van der Waals surface area contributed by atoms with Crippen molar-refractivity contribution >= 4 is 11.6 Å². The van der Waals surface area contributed by atoms with Crippen LogP contribution in [0.4, 0.5) is 5.69 Å². The molecule has 3 heteroatoms. The fourth-order valence-electron chi connectivity index (χ4n) is 2.12. The van der Waals surface area contributed by atoms with Crippen molar-refractivity contribution in [1.29, 1.82) is 0 Å². The van der Waals surface area contributed by atoms with Crippen LogP contribution in [0, 0.1) is 0 Å². The fourth-order valence-corrected chi connectivity index (χ4v) is 2.12. The monoisotopic (exact) mass is 276 g/mol. The fraction of sp³-hybridized carbons (Fsp3) is 0.588. The van der Waals surface area contributed by atoms with Gasteiger partial charge in [0, 0.05) is 19.3 Å². The number of hydrogen-bond donors (Lipinski definition) is 1. The molecule has 0 fully saturated rings. The molecular formula is C17H28N2O. The minimum absolute atomic E-state index is 0.0702. The summed E-state index contributed by atoms with van der Waals surface area (Å²) in [6, 6.07) is 8.21. The summed E-state index contributed by atoms with van der Waals surface area (Å²) >= 11 is 0. The maximum absolute atomic E-state index is 12.0. The largest absolute Gasteiger partial charge is 0.376 e. The zero-order valence-electron chi connectivity index (χ0n) is 13.5. The second-order valence-corrected chi connectivity index (χ2v) is 6.32. The molecule has 0 saturated heterocycles. The van der Waals surface area contributed by atoms with Gasteiger partial charge in [0.05, 0.1) is 6.54 Å². The van der Waals surface area contributed by atoms with Crippen LogP contribution in [0.5, 0.6) is 0 Å². The molecule has 1 rings (SSSR count). The standard InChI is InChI=1S/C17H28N2O/c1-6-7-12-19(5)16(20)13-18-15-11-9-8-10-14(15)17(2,3)4/h8-11,18H,6-7,12-13H2,1-5H3. The number of hydrogen-bond acceptors (Lipinski definition) is 2. The third kappa shape index (κ3) is 4.87. The molecule has 1 aromatic rings. The highest BCUT2D eigenvalue weighted by Crippen LogP contribution is 2.28. The maximum atomic E-state index is 12.0. The van der Waals surface area contributed by atoms with Gasteiger partial charge in [-0.1, -0.05) is 52.3 Å². The maximum Gasteiger partial charge on any atom is 0.241 e. The highest BCUT2D eigenvalue weighted by molar-refractivity contribution is 5.81. The lowest BCUT2D eigenvalue weighted by Crippen LogP contribution is -2.33. The molecule has 0 bridgehead atoms. The minimum Gasteiger partial charge on any atom is -0.376 e. The molecule has 0 saturated carbocycles. The molecule has 112 valence electrons. The molecule has 0 heterocycles. The second kappa shape index (κ2) is 7.32. The van der Waals surface area contributed by atoms with Crippen molar-refractivity contribution in [3.63, 3.8) is 0 Å². The number of benzene rings is 1. The number of rotatable bonds is 6. The number of unbranched alkanes of at least 4 members (excludes halogenated alkanes) is 1. The lowest BCUT2D eigenvalue weighted by molar-refractivity contribution is -0.128. The third-order valence-electron chi connectivity index (χ3n) is 3.44. The molecule has 20 heavy (non-hydrogen) atoms. The smallest absolute Gasteiger partial charge is 0.241 e. The van der Waals surface area contributed by atoms with E-state index in [1.165, 1.54) is 5.56 Å². The zero-order valence-corrected chi connectivity index (χ0v) is 13.5. The van der Waals surface area contributed by atoms with Crippen LogP contribution >= 0.6 is 0 Å². The van der Waals surface area contributed by atoms with Gasteiger partial charge in [0.15, 0.2) is 0 Å². The van der Waals surface area contributed by atoms with Crippen LogP contribution in [-0.4, -0.2) is 30.9 Å². The number of carbonyl (C=O) groups excluding carboxylic acids is 1. The van der Waals surface area contributed by atoms with Crippen molar-refractivity contribution in [2.45, 2.75) is 46.0 Å². The van der Waals surface area contributed by atoms with Crippen molar-refractivity contribution < 1.29 is 4.79 Å². The number of amides is 1. The van der Waals surface area contributed by atoms with Gasteiger partial charge in [-0.15, -0.1) is 0 Å². The van der Waals surface area contributed by atoms with E-state index < -0.39 is 0 Å². The average Bonchev–Trinajstić information content (AvgIpc) is 2.41. The molecule has 0 aliphatic rings. The summed E-state index contributed by atoms with van der Waals surface area (Å²) in [6.07, 6.45) is 2.17. The SMILES string of the molecule is CCCCN(C)C(=O)CNc1ccccc1C(C)(C)C. The van der Waals surface area contributed by atoms with Gasteiger partial charge in [-0.3, -0.25) is 4.79 Å². The molecule has 3 nitrogen and oxygen atoms in total. The molecule has 0 unspecified atom stereocenters. The van der Waals surface area contributed by atoms with E-state index in [-0.39, 0.29) is 11.3 Å². The molecule has 0 atom stereocenters. The van der Waals surface area contributed by atoms with Gasteiger partial charge in [-0.2, -0.15) is 0 Å². The van der Waals surface area contributed by atoms with Crippen LogP contribution in [0.1, 0.15) is 46.1 Å². The molecule has 1 aromatic carbocycles. The lowest BCUT2D eigenvalue weighted by Gasteiger charge is -2.24. The highest BCUT2D eigenvalue weighted by Gasteiger charge is 2.18. The quantitative estimate of drug-likeness (QED) is 0.860. The molecular weight excluding hydrogens is 248 g/mol. The van der Waals surface area contributed by atoms with Gasteiger partial charge in [-0.25, -0.2) is 0 Å². The Kier molecular flexibility index (Phi) is 6.05. The van der Waals surface area contributed by atoms with Crippen LogP contribution in [0.2, 0.25) is 0 Å². The third-order valence-corrected chi connectivity index (χ3v) is 3.44. The molecule has 0 aliphatic carbocycles. The Bertz CT molecular complexity index is 435. The van der Waals surface area contributed by atoms with Gasteiger partial charge in [0.25, 0.3) is 0 Å². The van der Waals surface area contributed by atoms with E-state index in [4.69, 9.17) is 0 Å². The summed E-state index contributed by atoms with van der Waals surface area (Å²) in [6.45, 7) is 9.87. The van der Waals surface area contributed by atoms with E-state index in [9.17, 15) is 4.79 Å². The van der Waals surface area contributed by atoms with E-state index in [1.807, 2.05) is 25.2 Å². The molecule has 0 aromatic heterocycles. The Hall–Kier alpha value is -1.51. The number of carbonyl (C=O) groups is 1. The first-order chi connectivity index (χ1) is 9.36. The van der Waals surface area contributed by atoms with Crippen LogP contribution in [0.3, 0.4) is 0 Å². The van der Waals surface area contributed by atoms with Gasteiger partial charge >= 0.3 is 0 Å². The summed E-state index contributed by atoms with van der Waals surface area (Å²) in [7, 11) is 1.87. The topological polar surface area (TPSA) is 32.3 Å². The summed E-state index contributed by atoms with van der Waals surface area (Å²) in [5, 5.41) is 3.29. The van der Waals surface area contributed by atoms with E-state index in [1.54, 1.807) is 4.90 Å². The predicted molar refractivity (Wildman–Crippen MR) is 86.2 cm³/mol. The van der Waals surface area contributed by atoms with Crippen molar-refractivity contribution in [2.24, 2.45) is 0 Å². The zero-order chi connectivity index (χ0) is 15.2. The van der Waals surface area contributed by atoms with Crippen molar-refractivity contribution in [2.75, 3.05) is 25.5 Å². The van der Waals surface area contributed by atoms with Gasteiger partial charge < -0.3 is 10.2 Å². The highest BCUT2D eigenvalue weighted by atomic mass is 16.2. The predicted octanol–water partition coefficient (Wildman–Crippen LogP) is 3.65. The Morgan fingerprint density at radius 1 is 1.25 bits per heavy atom. The Labute approximate surface area is 123 Å². The molecule has 1 N–H and O–H groups in total. The summed E-state index contributed by atoms with van der Waals surface area (Å²) in [4.78, 5) is 13.8. The summed E-state index contributed by atoms with van der Waals surface area (Å²) < 4.78 is 0. The van der Waals surface area contributed by atoms with E-state index in [0.29, 0.717) is 6.54 Å². The van der Waals surface area contributed by atoms with Gasteiger partial charge in [-0.05, 0) is 23.5 Å². The Balaban J connectivity index is 2.64. The van der Waals surface area contributed by atoms with Gasteiger partial charge in [0.2, 0.25) is 5.91 Å². The lowest BCUT2D eigenvalue weighted by atomic mass is 9.86. The van der Waals surface area contributed by atoms with Crippen molar-refractivity contribution in [1.82, 2.24) is 4.90 Å². The summed E-state index contributed by atoms with van der Waals surface area (Å²) in [5.74, 6) is 0.141. The Morgan fingerprint density at radius 3 is 2.50 bits per heavy atom. The van der Waals surface area contributed by atoms with Crippen LogP contribution in [-0.2, 0) is 10.2 Å². The number of likely N-dealkylation sites (N-methyl/N-ethyl adjacent to an activating group) is 1. The van der Waals surface area contributed by atoms with Crippen LogP contribution in [0.15, 0.2) is 24.3 Å². The summed E-state index contributed by atoms with van der Waals surface area (Å²) in [5.41, 5.74) is 2.36. The first-order valence-corrected chi connectivity index (χ1v) is 7.43. The minimum atomic E-state index is 0.0702. The van der Waals surface area contributed by atoms with Crippen LogP contribution < -0.4 is 5.32 Å². The van der Waals surface area contributed by atoms with E-state index in [2.05, 4.69) is 39.1 Å². The van der Waals surface area contributed by atoms with Crippen LogP contribution in [0.25, 0.3) is 0 Å². The number of nitrogens with one attached hydrogen (secondary N) is 1. The molecule has 0 radical (unpaired) electrons. The Morgan fingerprint density at radius 2 is 1.90 bits per heavy atom. The second-order valence-electron chi connectivity index (χ2n) is 6.32. The molecule has 0 aliphatic heterocycles.